The molecule has 1 aliphatic heterocycles. The molecule has 1 heterocycles. The average molecular weight is 260 g/mol. The summed E-state index contributed by atoms with van der Waals surface area (Å²) in [6.07, 6.45) is 5.31. The van der Waals surface area contributed by atoms with Crippen molar-refractivity contribution in [1.82, 2.24) is 10.2 Å². The summed E-state index contributed by atoms with van der Waals surface area (Å²) in [5.74, 6) is 1.18. The molecule has 1 saturated carbocycles. The van der Waals surface area contributed by atoms with Crippen LogP contribution in [-0.4, -0.2) is 36.2 Å². The largest absolute Gasteiger partial charge is 0.508 e. The fourth-order valence-corrected chi connectivity index (χ4v) is 3.72. The lowest BCUT2D eigenvalue weighted by Crippen LogP contribution is -2.46. The lowest BCUT2D eigenvalue weighted by Gasteiger charge is -2.38. The first-order valence-electron chi connectivity index (χ1n) is 7.59. The van der Waals surface area contributed by atoms with Gasteiger partial charge in [-0.25, -0.2) is 0 Å². The molecule has 1 aromatic rings. The molecule has 2 fully saturated rings. The Morgan fingerprint density at radius 1 is 1.11 bits per heavy atom. The molecule has 1 aliphatic carbocycles. The maximum atomic E-state index is 10.2. The molecule has 3 nitrogen and oxygen atoms in total. The standard InChI is InChI=1S/C16H24N2O/c19-15-8-4-3-7-14(15)16(13-5-1-2-6-13)18-11-9-17-10-12-18/h3-4,7-8,13,16-17,19H,1-2,5-6,9-12H2/t16-/m1/s1. The van der Waals surface area contributed by atoms with Crippen LogP contribution in [0.4, 0.5) is 0 Å². The minimum Gasteiger partial charge on any atom is -0.508 e. The predicted octanol–water partition coefficient (Wildman–Crippen LogP) is 2.53. The summed E-state index contributed by atoms with van der Waals surface area (Å²) in [6, 6.07) is 8.33. The Hall–Kier alpha value is -1.06. The van der Waals surface area contributed by atoms with Crippen LogP contribution in [0.1, 0.15) is 37.3 Å². The average Bonchev–Trinajstić information content (AvgIpc) is 2.96. The van der Waals surface area contributed by atoms with Gasteiger partial charge >= 0.3 is 0 Å². The molecule has 0 unspecified atom stereocenters. The first-order chi connectivity index (χ1) is 9.36. The summed E-state index contributed by atoms with van der Waals surface area (Å²) in [6.45, 7) is 4.32. The molecule has 2 N–H and O–H groups in total. The van der Waals surface area contributed by atoms with Gasteiger partial charge in [-0.3, -0.25) is 4.90 Å². The summed E-state index contributed by atoms with van der Waals surface area (Å²) in [7, 11) is 0. The van der Waals surface area contributed by atoms with Gasteiger partial charge in [-0.1, -0.05) is 31.0 Å². The van der Waals surface area contributed by atoms with Crippen LogP contribution in [0.2, 0.25) is 0 Å². The Morgan fingerprint density at radius 2 is 1.79 bits per heavy atom. The highest BCUT2D eigenvalue weighted by atomic mass is 16.3. The van der Waals surface area contributed by atoms with Gasteiger partial charge in [-0.05, 0) is 24.8 Å². The van der Waals surface area contributed by atoms with E-state index in [9.17, 15) is 5.11 Å². The lowest BCUT2D eigenvalue weighted by atomic mass is 9.89. The van der Waals surface area contributed by atoms with E-state index in [-0.39, 0.29) is 0 Å². The van der Waals surface area contributed by atoms with E-state index in [1.165, 1.54) is 25.7 Å². The lowest BCUT2D eigenvalue weighted by molar-refractivity contribution is 0.123. The minimum absolute atomic E-state index is 0.408. The van der Waals surface area contributed by atoms with Gasteiger partial charge in [-0.15, -0.1) is 0 Å². The minimum atomic E-state index is 0.408. The number of para-hydroxylation sites is 1. The number of phenolic OH excluding ortho intramolecular Hbond substituents is 1. The molecule has 1 saturated heterocycles. The number of benzene rings is 1. The molecule has 0 radical (unpaired) electrons. The van der Waals surface area contributed by atoms with E-state index in [2.05, 4.69) is 22.3 Å². The van der Waals surface area contributed by atoms with Gasteiger partial charge in [0, 0.05) is 37.8 Å². The van der Waals surface area contributed by atoms with Crippen LogP contribution in [0.25, 0.3) is 0 Å². The van der Waals surface area contributed by atoms with Crippen molar-refractivity contribution in [2.24, 2.45) is 5.92 Å². The monoisotopic (exact) mass is 260 g/mol. The summed E-state index contributed by atoms with van der Waals surface area (Å²) >= 11 is 0. The fraction of sp³-hybridized carbons (Fsp3) is 0.625. The van der Waals surface area contributed by atoms with Crippen molar-refractivity contribution in [3.8, 4) is 5.75 Å². The van der Waals surface area contributed by atoms with E-state index < -0.39 is 0 Å². The van der Waals surface area contributed by atoms with Crippen LogP contribution in [0.3, 0.4) is 0 Å². The number of nitrogens with zero attached hydrogens (tertiary/aromatic N) is 1. The van der Waals surface area contributed by atoms with E-state index >= 15 is 0 Å². The van der Waals surface area contributed by atoms with Crippen LogP contribution in [0.5, 0.6) is 5.75 Å². The van der Waals surface area contributed by atoms with Gasteiger partial charge in [-0.2, -0.15) is 0 Å². The molecule has 0 aromatic heterocycles. The Balaban J connectivity index is 1.88. The number of phenols is 1. The van der Waals surface area contributed by atoms with Crippen LogP contribution in [0, 0.1) is 5.92 Å². The number of aromatic hydroxyl groups is 1. The Bertz CT molecular complexity index is 409. The van der Waals surface area contributed by atoms with Crippen molar-refractivity contribution < 1.29 is 5.11 Å². The van der Waals surface area contributed by atoms with Gasteiger partial charge in [0.2, 0.25) is 0 Å². The highest BCUT2D eigenvalue weighted by molar-refractivity contribution is 5.35. The second-order valence-corrected chi connectivity index (χ2v) is 5.83. The third kappa shape index (κ3) is 2.77. The molecule has 1 atom stereocenters. The highest BCUT2D eigenvalue weighted by Gasteiger charge is 2.33. The van der Waals surface area contributed by atoms with Gasteiger partial charge in [0.05, 0.1) is 0 Å². The number of nitrogens with one attached hydrogen (secondary N) is 1. The molecule has 0 amide bonds. The predicted molar refractivity (Wildman–Crippen MR) is 77.2 cm³/mol. The summed E-state index contributed by atoms with van der Waals surface area (Å²) in [5, 5.41) is 13.7. The molecular weight excluding hydrogens is 236 g/mol. The number of rotatable bonds is 3. The van der Waals surface area contributed by atoms with E-state index in [4.69, 9.17) is 0 Å². The molecule has 2 aliphatic rings. The van der Waals surface area contributed by atoms with Gasteiger partial charge in [0.25, 0.3) is 0 Å². The maximum absolute atomic E-state index is 10.2. The molecule has 19 heavy (non-hydrogen) atoms. The molecule has 0 spiro atoms. The van der Waals surface area contributed by atoms with Gasteiger partial charge in [0.15, 0.2) is 0 Å². The quantitative estimate of drug-likeness (QED) is 0.876. The number of hydrogen-bond donors (Lipinski definition) is 2. The van der Waals surface area contributed by atoms with Crippen molar-refractivity contribution in [2.75, 3.05) is 26.2 Å². The summed E-state index contributed by atoms with van der Waals surface area (Å²) < 4.78 is 0. The third-order valence-corrected chi connectivity index (χ3v) is 4.65. The molecule has 104 valence electrons. The van der Waals surface area contributed by atoms with Crippen molar-refractivity contribution in [3.63, 3.8) is 0 Å². The van der Waals surface area contributed by atoms with Crippen LogP contribution < -0.4 is 5.32 Å². The fourth-order valence-electron chi connectivity index (χ4n) is 3.72. The van der Waals surface area contributed by atoms with Crippen molar-refractivity contribution in [2.45, 2.75) is 31.7 Å². The first kappa shape index (κ1) is 12.9. The van der Waals surface area contributed by atoms with Crippen LogP contribution >= 0.6 is 0 Å². The van der Waals surface area contributed by atoms with Gasteiger partial charge < -0.3 is 10.4 Å². The molecule has 1 aromatic carbocycles. The highest BCUT2D eigenvalue weighted by Crippen LogP contribution is 2.42. The zero-order valence-electron chi connectivity index (χ0n) is 11.5. The zero-order valence-corrected chi connectivity index (χ0v) is 11.5. The van der Waals surface area contributed by atoms with Crippen LogP contribution in [0.15, 0.2) is 24.3 Å². The van der Waals surface area contributed by atoms with Crippen molar-refractivity contribution in [1.29, 1.82) is 0 Å². The van der Waals surface area contributed by atoms with Crippen LogP contribution in [-0.2, 0) is 0 Å². The summed E-state index contributed by atoms with van der Waals surface area (Å²) in [4.78, 5) is 2.57. The Kier molecular flexibility index (Phi) is 4.04. The normalized spacial score (nSPS) is 23.6. The second-order valence-electron chi connectivity index (χ2n) is 5.83. The van der Waals surface area contributed by atoms with E-state index in [0.29, 0.717) is 17.7 Å². The maximum Gasteiger partial charge on any atom is 0.120 e. The Morgan fingerprint density at radius 3 is 2.47 bits per heavy atom. The van der Waals surface area contributed by atoms with E-state index in [1.807, 2.05) is 12.1 Å². The molecular formula is C16H24N2O. The van der Waals surface area contributed by atoms with E-state index in [1.54, 1.807) is 0 Å². The number of piperazine rings is 1. The summed E-state index contributed by atoms with van der Waals surface area (Å²) in [5.41, 5.74) is 1.14. The molecule has 0 bridgehead atoms. The SMILES string of the molecule is Oc1ccccc1[C@@H](C1CCCC1)N1CCNCC1. The molecule has 3 rings (SSSR count). The Labute approximate surface area is 115 Å². The van der Waals surface area contributed by atoms with Crippen molar-refractivity contribution in [3.05, 3.63) is 29.8 Å². The van der Waals surface area contributed by atoms with Gasteiger partial charge in [0.1, 0.15) is 5.75 Å². The van der Waals surface area contributed by atoms with Crippen molar-refractivity contribution >= 4 is 0 Å². The second kappa shape index (κ2) is 5.93. The third-order valence-electron chi connectivity index (χ3n) is 4.65. The molecule has 3 heteroatoms. The number of hydrogen-bond acceptors (Lipinski definition) is 3. The van der Waals surface area contributed by atoms with E-state index in [0.717, 1.165) is 31.7 Å². The smallest absolute Gasteiger partial charge is 0.120 e. The first-order valence-corrected chi connectivity index (χ1v) is 7.59. The topological polar surface area (TPSA) is 35.5 Å². The zero-order chi connectivity index (χ0) is 13.1.